The zero-order valence-corrected chi connectivity index (χ0v) is 8.18. The molecular formula is C11H17NO. The van der Waals surface area contributed by atoms with Crippen LogP contribution in [0.2, 0.25) is 0 Å². The number of ketones is 1. The quantitative estimate of drug-likeness (QED) is 0.702. The van der Waals surface area contributed by atoms with Gasteiger partial charge in [-0.15, -0.1) is 0 Å². The van der Waals surface area contributed by atoms with Crippen LogP contribution in [0.1, 0.15) is 39.0 Å². The summed E-state index contributed by atoms with van der Waals surface area (Å²) >= 11 is 0. The van der Waals surface area contributed by atoms with Crippen LogP contribution in [-0.4, -0.2) is 11.8 Å². The topological polar surface area (TPSA) is 29.1 Å². The van der Waals surface area contributed by atoms with Crippen LogP contribution in [-0.2, 0) is 4.79 Å². The van der Waals surface area contributed by atoms with Gasteiger partial charge in [0.25, 0.3) is 0 Å². The third kappa shape index (κ3) is 2.11. The van der Waals surface area contributed by atoms with Crippen LogP contribution in [0.4, 0.5) is 0 Å². The fourth-order valence-electron chi connectivity index (χ4n) is 2.31. The molecule has 2 rings (SSSR count). The van der Waals surface area contributed by atoms with Gasteiger partial charge in [0.15, 0.2) is 5.78 Å². The maximum Gasteiger partial charge on any atom is 0.157 e. The molecule has 0 spiro atoms. The first kappa shape index (κ1) is 8.79. The van der Waals surface area contributed by atoms with Crippen molar-refractivity contribution in [3.05, 3.63) is 11.8 Å². The highest BCUT2D eigenvalue weighted by atomic mass is 16.1. The van der Waals surface area contributed by atoms with Gasteiger partial charge in [-0.2, -0.15) is 0 Å². The number of carbonyl (C=O) groups is 1. The Morgan fingerprint density at radius 2 is 2.23 bits per heavy atom. The number of rotatable bonds is 2. The minimum absolute atomic E-state index is 0.286. The lowest BCUT2D eigenvalue weighted by atomic mass is 10.1. The van der Waals surface area contributed by atoms with Gasteiger partial charge in [0.2, 0.25) is 0 Å². The van der Waals surface area contributed by atoms with Crippen molar-refractivity contribution in [3.8, 4) is 0 Å². The first-order valence-electron chi connectivity index (χ1n) is 5.24. The van der Waals surface area contributed by atoms with E-state index >= 15 is 0 Å². The first-order valence-corrected chi connectivity index (χ1v) is 5.24. The molecule has 0 aromatic carbocycles. The van der Waals surface area contributed by atoms with Crippen molar-refractivity contribution in [2.45, 2.75) is 45.1 Å². The fraction of sp³-hybridized carbons (Fsp3) is 0.727. The normalized spacial score (nSPS) is 33.6. The molecule has 13 heavy (non-hydrogen) atoms. The second-order valence-electron chi connectivity index (χ2n) is 4.40. The standard InChI is InChI=1S/C11H17NO/c1-8-2-3-9(6-8)12-10-4-5-11(13)7-10/h7-9,12H,2-6H2,1H3. The molecule has 2 heteroatoms. The van der Waals surface area contributed by atoms with Gasteiger partial charge in [-0.3, -0.25) is 4.79 Å². The van der Waals surface area contributed by atoms with Crippen molar-refractivity contribution >= 4 is 5.78 Å². The van der Waals surface area contributed by atoms with Crippen LogP contribution in [0.15, 0.2) is 11.8 Å². The minimum atomic E-state index is 0.286. The van der Waals surface area contributed by atoms with Gasteiger partial charge >= 0.3 is 0 Å². The molecular weight excluding hydrogens is 162 g/mol. The van der Waals surface area contributed by atoms with Crippen molar-refractivity contribution in [3.63, 3.8) is 0 Å². The maximum absolute atomic E-state index is 11.0. The zero-order chi connectivity index (χ0) is 9.26. The number of hydrogen-bond acceptors (Lipinski definition) is 2. The molecule has 0 saturated heterocycles. The number of allylic oxidation sites excluding steroid dienone is 2. The van der Waals surface area contributed by atoms with Crippen molar-refractivity contribution in [1.29, 1.82) is 0 Å². The van der Waals surface area contributed by atoms with Crippen LogP contribution >= 0.6 is 0 Å². The maximum atomic E-state index is 11.0. The lowest BCUT2D eigenvalue weighted by Crippen LogP contribution is -2.24. The van der Waals surface area contributed by atoms with E-state index in [0.29, 0.717) is 12.5 Å². The van der Waals surface area contributed by atoms with Crippen LogP contribution in [0.25, 0.3) is 0 Å². The zero-order valence-electron chi connectivity index (χ0n) is 8.18. The molecule has 2 aliphatic carbocycles. The Labute approximate surface area is 79.4 Å². The number of hydrogen-bond donors (Lipinski definition) is 1. The Bertz CT molecular complexity index is 244. The van der Waals surface area contributed by atoms with E-state index in [1.807, 2.05) is 0 Å². The van der Waals surface area contributed by atoms with E-state index in [1.54, 1.807) is 6.08 Å². The smallest absolute Gasteiger partial charge is 0.157 e. The minimum Gasteiger partial charge on any atom is -0.385 e. The fourth-order valence-corrected chi connectivity index (χ4v) is 2.31. The van der Waals surface area contributed by atoms with Crippen molar-refractivity contribution in [2.24, 2.45) is 5.92 Å². The second kappa shape index (κ2) is 3.52. The predicted octanol–water partition coefficient (Wildman–Crippen LogP) is 2.01. The van der Waals surface area contributed by atoms with E-state index < -0.39 is 0 Å². The molecule has 72 valence electrons. The van der Waals surface area contributed by atoms with Crippen LogP contribution in [0.3, 0.4) is 0 Å². The van der Waals surface area contributed by atoms with Gasteiger partial charge in [-0.25, -0.2) is 0 Å². The number of carbonyl (C=O) groups excluding carboxylic acids is 1. The van der Waals surface area contributed by atoms with E-state index in [4.69, 9.17) is 0 Å². The largest absolute Gasteiger partial charge is 0.385 e. The predicted molar refractivity (Wildman–Crippen MR) is 52.3 cm³/mol. The molecule has 0 amide bonds. The molecule has 0 heterocycles. The average molecular weight is 179 g/mol. The van der Waals surface area contributed by atoms with Crippen molar-refractivity contribution in [1.82, 2.24) is 5.32 Å². The molecule has 0 radical (unpaired) electrons. The number of nitrogens with one attached hydrogen (secondary N) is 1. The van der Waals surface area contributed by atoms with Gasteiger partial charge in [0, 0.05) is 24.2 Å². The van der Waals surface area contributed by atoms with Gasteiger partial charge in [0.1, 0.15) is 0 Å². The molecule has 0 aliphatic heterocycles. The molecule has 1 fully saturated rings. The molecule has 2 atom stereocenters. The summed E-state index contributed by atoms with van der Waals surface area (Å²) in [5, 5.41) is 3.48. The van der Waals surface area contributed by atoms with E-state index in [2.05, 4.69) is 12.2 Å². The summed E-state index contributed by atoms with van der Waals surface area (Å²) < 4.78 is 0. The van der Waals surface area contributed by atoms with E-state index in [1.165, 1.54) is 25.0 Å². The Morgan fingerprint density at radius 1 is 1.38 bits per heavy atom. The molecule has 2 aliphatic rings. The van der Waals surface area contributed by atoms with Gasteiger partial charge < -0.3 is 5.32 Å². The SMILES string of the molecule is CC1CCC(NC2=CC(=O)CC2)C1. The van der Waals surface area contributed by atoms with Crippen molar-refractivity contribution < 1.29 is 4.79 Å². The molecule has 1 N–H and O–H groups in total. The first-order chi connectivity index (χ1) is 6.24. The summed E-state index contributed by atoms with van der Waals surface area (Å²) in [6.45, 7) is 2.30. The highest BCUT2D eigenvalue weighted by molar-refractivity contribution is 5.92. The van der Waals surface area contributed by atoms with E-state index in [9.17, 15) is 4.79 Å². The lowest BCUT2D eigenvalue weighted by Gasteiger charge is -2.14. The molecule has 0 bridgehead atoms. The third-order valence-electron chi connectivity index (χ3n) is 3.06. The molecule has 0 aromatic rings. The van der Waals surface area contributed by atoms with Crippen LogP contribution in [0, 0.1) is 5.92 Å². The van der Waals surface area contributed by atoms with E-state index in [-0.39, 0.29) is 5.78 Å². The Kier molecular flexibility index (Phi) is 2.38. The van der Waals surface area contributed by atoms with Crippen LogP contribution < -0.4 is 5.32 Å². The second-order valence-corrected chi connectivity index (χ2v) is 4.40. The lowest BCUT2D eigenvalue weighted by molar-refractivity contribution is -0.114. The van der Waals surface area contributed by atoms with Gasteiger partial charge in [-0.1, -0.05) is 6.92 Å². The Morgan fingerprint density at radius 3 is 2.77 bits per heavy atom. The Hall–Kier alpha value is -0.790. The van der Waals surface area contributed by atoms with Gasteiger partial charge in [0.05, 0.1) is 0 Å². The summed E-state index contributed by atoms with van der Waals surface area (Å²) in [6, 6.07) is 0.632. The van der Waals surface area contributed by atoms with Gasteiger partial charge in [-0.05, 0) is 31.6 Å². The summed E-state index contributed by atoms with van der Waals surface area (Å²) in [5.41, 5.74) is 1.17. The summed E-state index contributed by atoms with van der Waals surface area (Å²) in [4.78, 5) is 11.0. The summed E-state index contributed by atoms with van der Waals surface area (Å²) in [6.07, 6.45) is 7.30. The highest BCUT2D eigenvalue weighted by Gasteiger charge is 2.22. The third-order valence-corrected chi connectivity index (χ3v) is 3.06. The monoisotopic (exact) mass is 179 g/mol. The Balaban J connectivity index is 1.85. The van der Waals surface area contributed by atoms with E-state index in [0.717, 1.165) is 12.3 Å². The molecule has 1 saturated carbocycles. The molecule has 2 unspecified atom stereocenters. The summed E-state index contributed by atoms with van der Waals surface area (Å²) in [7, 11) is 0. The highest BCUT2D eigenvalue weighted by Crippen LogP contribution is 2.26. The average Bonchev–Trinajstić information content (AvgIpc) is 2.62. The van der Waals surface area contributed by atoms with Crippen LogP contribution in [0.5, 0.6) is 0 Å². The molecule has 0 aromatic heterocycles. The molecule has 2 nitrogen and oxygen atoms in total. The summed E-state index contributed by atoms with van der Waals surface area (Å²) in [5.74, 6) is 1.14. The van der Waals surface area contributed by atoms with Crippen molar-refractivity contribution in [2.75, 3.05) is 0 Å².